The van der Waals surface area contributed by atoms with Gasteiger partial charge >= 0.3 is 0 Å². The Labute approximate surface area is 89.1 Å². The van der Waals surface area contributed by atoms with Crippen LogP contribution in [0.1, 0.15) is 24.5 Å². The molecule has 0 amide bonds. The van der Waals surface area contributed by atoms with Crippen LogP contribution in [0.5, 0.6) is 0 Å². The van der Waals surface area contributed by atoms with E-state index in [1.54, 1.807) is 7.11 Å². The van der Waals surface area contributed by atoms with Gasteiger partial charge in [0, 0.05) is 13.5 Å². The summed E-state index contributed by atoms with van der Waals surface area (Å²) in [6.45, 7) is 1.51. The molecule has 0 aliphatic heterocycles. The molecule has 15 heavy (non-hydrogen) atoms. The lowest BCUT2D eigenvalue weighted by molar-refractivity contribution is 0.0133. The molecule has 0 saturated heterocycles. The van der Waals surface area contributed by atoms with Crippen LogP contribution in [-0.4, -0.2) is 13.0 Å². The largest absolute Gasteiger partial charge is 0.380 e. The Balaban J connectivity index is 2.50. The predicted molar refractivity (Wildman–Crippen MR) is 56.1 cm³/mol. The molecule has 1 aromatic carbocycles. The van der Waals surface area contributed by atoms with Crippen LogP contribution in [0.3, 0.4) is 0 Å². The highest BCUT2D eigenvalue weighted by atomic mass is 19.3. The molecule has 1 aromatic rings. The molecule has 0 spiro atoms. The highest BCUT2D eigenvalue weighted by molar-refractivity contribution is 5.22. The normalized spacial score (nSPS) is 11.7. The van der Waals surface area contributed by atoms with Crippen molar-refractivity contribution in [3.05, 3.63) is 35.4 Å². The average molecular weight is 214 g/mol. The number of ether oxygens (including phenoxy) is 1. The fourth-order valence-corrected chi connectivity index (χ4v) is 1.33. The Morgan fingerprint density at radius 3 is 2.13 bits per heavy atom. The topological polar surface area (TPSA) is 9.23 Å². The van der Waals surface area contributed by atoms with Crippen molar-refractivity contribution in [2.24, 2.45) is 0 Å². The van der Waals surface area contributed by atoms with Gasteiger partial charge in [-0.05, 0) is 24.5 Å². The van der Waals surface area contributed by atoms with Crippen LogP contribution in [0.25, 0.3) is 0 Å². The molecule has 0 heterocycles. The molecule has 0 saturated carbocycles. The molecule has 0 N–H and O–H groups in total. The number of hydrogen-bond donors (Lipinski definition) is 0. The molecule has 3 heteroatoms. The second-order valence-corrected chi connectivity index (χ2v) is 3.82. The second kappa shape index (κ2) is 5.21. The first kappa shape index (κ1) is 12.1. The Morgan fingerprint density at radius 1 is 1.13 bits per heavy atom. The molecule has 0 atom stereocenters. The summed E-state index contributed by atoms with van der Waals surface area (Å²) < 4.78 is 30.1. The molecule has 0 aromatic heterocycles. The molecular formula is C12H16F2O. The van der Waals surface area contributed by atoms with Crippen LogP contribution >= 0.6 is 0 Å². The molecule has 0 aliphatic rings. The third kappa shape index (κ3) is 4.88. The van der Waals surface area contributed by atoms with Crippen molar-refractivity contribution in [3.8, 4) is 0 Å². The summed E-state index contributed by atoms with van der Waals surface area (Å²) in [7, 11) is 1.63. The van der Waals surface area contributed by atoms with Crippen molar-refractivity contribution in [2.75, 3.05) is 7.11 Å². The number of aryl methyl sites for hydroxylation is 1. The maximum absolute atomic E-state index is 12.6. The predicted octanol–water partition coefficient (Wildman–Crippen LogP) is 3.42. The lowest BCUT2D eigenvalue weighted by Gasteiger charge is -2.09. The van der Waals surface area contributed by atoms with Crippen LogP contribution in [0.15, 0.2) is 24.3 Å². The van der Waals surface area contributed by atoms with Gasteiger partial charge in [0.25, 0.3) is 0 Å². The molecule has 0 bridgehead atoms. The van der Waals surface area contributed by atoms with Gasteiger partial charge in [-0.25, -0.2) is 8.78 Å². The number of alkyl halides is 2. The van der Waals surface area contributed by atoms with Crippen molar-refractivity contribution < 1.29 is 13.5 Å². The van der Waals surface area contributed by atoms with E-state index in [1.165, 1.54) is 0 Å². The Bertz CT molecular complexity index is 287. The van der Waals surface area contributed by atoms with Gasteiger partial charge in [-0.3, -0.25) is 0 Å². The lowest BCUT2D eigenvalue weighted by Crippen LogP contribution is -2.10. The third-order valence-corrected chi connectivity index (χ3v) is 2.19. The fraction of sp³-hybridized carbons (Fsp3) is 0.500. The van der Waals surface area contributed by atoms with Crippen molar-refractivity contribution in [1.29, 1.82) is 0 Å². The van der Waals surface area contributed by atoms with Crippen molar-refractivity contribution >= 4 is 0 Å². The minimum Gasteiger partial charge on any atom is -0.380 e. The van der Waals surface area contributed by atoms with E-state index in [4.69, 9.17) is 4.74 Å². The Morgan fingerprint density at radius 2 is 1.67 bits per heavy atom. The van der Waals surface area contributed by atoms with Gasteiger partial charge in [-0.1, -0.05) is 24.3 Å². The van der Waals surface area contributed by atoms with Gasteiger partial charge in [0.15, 0.2) is 0 Å². The standard InChI is InChI=1S/C12H16F2O/c1-12(13,14)8-7-10-3-5-11(6-4-10)9-15-2/h3-6H,7-9H2,1-2H3. The van der Waals surface area contributed by atoms with E-state index in [0.717, 1.165) is 18.1 Å². The summed E-state index contributed by atoms with van der Waals surface area (Å²) in [6, 6.07) is 7.57. The van der Waals surface area contributed by atoms with Crippen molar-refractivity contribution in [3.63, 3.8) is 0 Å². The molecule has 0 unspecified atom stereocenters. The minimum absolute atomic E-state index is 0.101. The van der Waals surface area contributed by atoms with Gasteiger partial charge in [-0.15, -0.1) is 0 Å². The number of hydrogen-bond acceptors (Lipinski definition) is 1. The highest BCUT2D eigenvalue weighted by Gasteiger charge is 2.20. The summed E-state index contributed by atoms with van der Waals surface area (Å²) in [5.41, 5.74) is 2.00. The summed E-state index contributed by atoms with van der Waals surface area (Å²) in [5.74, 6) is -2.58. The van der Waals surface area contributed by atoms with E-state index in [0.29, 0.717) is 13.0 Å². The lowest BCUT2D eigenvalue weighted by atomic mass is 10.1. The third-order valence-electron chi connectivity index (χ3n) is 2.19. The first-order chi connectivity index (χ1) is 7.01. The van der Waals surface area contributed by atoms with Crippen LogP contribution in [-0.2, 0) is 17.8 Å². The van der Waals surface area contributed by atoms with E-state index < -0.39 is 5.92 Å². The van der Waals surface area contributed by atoms with E-state index in [2.05, 4.69) is 0 Å². The summed E-state index contributed by atoms with van der Waals surface area (Å²) in [6.07, 6.45) is 0.313. The number of rotatable bonds is 5. The highest BCUT2D eigenvalue weighted by Crippen LogP contribution is 2.19. The zero-order chi connectivity index (χ0) is 11.3. The Hall–Kier alpha value is -0.960. The number of halogens is 2. The van der Waals surface area contributed by atoms with Crippen LogP contribution < -0.4 is 0 Å². The van der Waals surface area contributed by atoms with Crippen LogP contribution in [0, 0.1) is 0 Å². The van der Waals surface area contributed by atoms with Crippen LogP contribution in [0.2, 0.25) is 0 Å². The van der Waals surface area contributed by atoms with Gasteiger partial charge in [0.2, 0.25) is 5.92 Å². The van der Waals surface area contributed by atoms with Crippen molar-refractivity contribution in [2.45, 2.75) is 32.3 Å². The van der Waals surface area contributed by atoms with Gasteiger partial charge in [0.1, 0.15) is 0 Å². The molecule has 1 nitrogen and oxygen atoms in total. The molecule has 0 fully saturated rings. The summed E-state index contributed by atoms with van der Waals surface area (Å²) in [4.78, 5) is 0. The summed E-state index contributed by atoms with van der Waals surface area (Å²) in [5, 5.41) is 0. The monoisotopic (exact) mass is 214 g/mol. The number of benzene rings is 1. The first-order valence-corrected chi connectivity index (χ1v) is 4.96. The van der Waals surface area contributed by atoms with E-state index >= 15 is 0 Å². The van der Waals surface area contributed by atoms with Gasteiger partial charge in [-0.2, -0.15) is 0 Å². The Kier molecular flexibility index (Phi) is 4.21. The zero-order valence-corrected chi connectivity index (χ0v) is 9.09. The maximum atomic E-state index is 12.6. The van der Waals surface area contributed by atoms with E-state index in [1.807, 2.05) is 24.3 Å². The number of methoxy groups -OCH3 is 1. The molecule has 84 valence electrons. The fourth-order valence-electron chi connectivity index (χ4n) is 1.33. The first-order valence-electron chi connectivity index (χ1n) is 4.96. The van der Waals surface area contributed by atoms with E-state index in [-0.39, 0.29) is 6.42 Å². The van der Waals surface area contributed by atoms with Crippen LogP contribution in [0.4, 0.5) is 8.78 Å². The SMILES string of the molecule is COCc1ccc(CCC(C)(F)F)cc1. The maximum Gasteiger partial charge on any atom is 0.245 e. The average Bonchev–Trinajstić information content (AvgIpc) is 2.16. The molecule has 1 rings (SSSR count). The van der Waals surface area contributed by atoms with Gasteiger partial charge < -0.3 is 4.74 Å². The zero-order valence-electron chi connectivity index (χ0n) is 9.09. The quantitative estimate of drug-likeness (QED) is 0.729. The summed E-state index contributed by atoms with van der Waals surface area (Å²) >= 11 is 0. The van der Waals surface area contributed by atoms with Gasteiger partial charge in [0.05, 0.1) is 6.61 Å². The molecule has 0 aliphatic carbocycles. The second-order valence-electron chi connectivity index (χ2n) is 3.82. The minimum atomic E-state index is -2.58. The van der Waals surface area contributed by atoms with Crippen molar-refractivity contribution in [1.82, 2.24) is 0 Å². The smallest absolute Gasteiger partial charge is 0.245 e. The molecular weight excluding hydrogens is 198 g/mol. The van der Waals surface area contributed by atoms with E-state index in [9.17, 15) is 8.78 Å². The molecule has 0 radical (unpaired) electrons.